The van der Waals surface area contributed by atoms with E-state index in [0.29, 0.717) is 30.2 Å². The zero-order chi connectivity index (χ0) is 15.8. The summed E-state index contributed by atoms with van der Waals surface area (Å²) >= 11 is 1.92. The molecule has 0 bridgehead atoms. The number of carbonyl (C=O) groups excluding carboxylic acids is 1. The maximum atomic E-state index is 13.2. The van der Waals surface area contributed by atoms with Gasteiger partial charge in [-0.05, 0) is 43.4 Å². The van der Waals surface area contributed by atoms with Crippen molar-refractivity contribution in [3.8, 4) is 0 Å². The topological polar surface area (TPSA) is 38.3 Å². The molecule has 122 valence electrons. The monoisotopic (exact) mass is 325 g/mol. The fourth-order valence-corrected chi connectivity index (χ4v) is 3.55. The number of nitrogens with one attached hydrogen (secondary N) is 1. The zero-order valence-electron chi connectivity index (χ0n) is 13.1. The largest absolute Gasteiger partial charge is 0.381 e. The van der Waals surface area contributed by atoms with Crippen molar-refractivity contribution in [2.75, 3.05) is 25.5 Å². The smallest absolute Gasteiger partial charge is 0.220 e. The highest BCUT2D eigenvalue weighted by Crippen LogP contribution is 2.21. The Labute approximate surface area is 136 Å². The van der Waals surface area contributed by atoms with Crippen molar-refractivity contribution in [1.29, 1.82) is 0 Å². The summed E-state index contributed by atoms with van der Waals surface area (Å²) < 4.78 is 18.5. The molecule has 1 N–H and O–H groups in total. The van der Waals surface area contributed by atoms with Gasteiger partial charge in [0.2, 0.25) is 5.91 Å². The van der Waals surface area contributed by atoms with Crippen LogP contribution in [0.15, 0.2) is 18.2 Å². The zero-order valence-corrected chi connectivity index (χ0v) is 13.9. The molecule has 0 spiro atoms. The van der Waals surface area contributed by atoms with Crippen LogP contribution in [0.4, 0.5) is 4.39 Å². The quantitative estimate of drug-likeness (QED) is 0.783. The Morgan fingerprint density at radius 3 is 2.91 bits per heavy atom. The van der Waals surface area contributed by atoms with Crippen LogP contribution in [0.2, 0.25) is 0 Å². The maximum absolute atomic E-state index is 13.2. The number of amides is 1. The molecule has 0 saturated carbocycles. The Morgan fingerprint density at radius 2 is 2.18 bits per heavy atom. The minimum atomic E-state index is -0.196. The van der Waals surface area contributed by atoms with Gasteiger partial charge in [0.05, 0.1) is 0 Å². The standard InChI is InChI=1S/C17H24FNO2S/c1-13-12-14(2-4-16(13)18)3-5-17(20)19-8-11-22-15-6-9-21-10-7-15/h2,4,12,15H,3,5-11H2,1H3,(H,19,20). The number of ether oxygens (including phenoxy) is 1. The van der Waals surface area contributed by atoms with Crippen LogP contribution >= 0.6 is 11.8 Å². The van der Waals surface area contributed by atoms with Crippen LogP contribution in [0.3, 0.4) is 0 Å². The molecule has 1 aromatic rings. The number of hydrogen-bond acceptors (Lipinski definition) is 3. The molecule has 22 heavy (non-hydrogen) atoms. The van der Waals surface area contributed by atoms with E-state index in [2.05, 4.69) is 5.32 Å². The van der Waals surface area contributed by atoms with E-state index in [1.807, 2.05) is 17.8 Å². The molecule has 1 aliphatic rings. The second kappa shape index (κ2) is 9.16. The molecule has 0 aliphatic carbocycles. The average molecular weight is 325 g/mol. The number of aryl methyl sites for hydroxylation is 2. The van der Waals surface area contributed by atoms with Crippen molar-refractivity contribution in [3.63, 3.8) is 0 Å². The number of hydrogen-bond donors (Lipinski definition) is 1. The number of halogens is 1. The third-order valence-corrected chi connectivity index (χ3v) is 5.19. The predicted octanol–water partition coefficient (Wildman–Crippen LogP) is 3.10. The fraction of sp³-hybridized carbons (Fsp3) is 0.588. The lowest BCUT2D eigenvalue weighted by Crippen LogP contribution is -2.27. The Kier molecular flexibility index (Phi) is 7.19. The van der Waals surface area contributed by atoms with Gasteiger partial charge < -0.3 is 10.1 Å². The summed E-state index contributed by atoms with van der Waals surface area (Å²) in [7, 11) is 0. The van der Waals surface area contributed by atoms with Crippen LogP contribution in [0.1, 0.15) is 30.4 Å². The van der Waals surface area contributed by atoms with Gasteiger partial charge in [0, 0.05) is 37.2 Å². The minimum Gasteiger partial charge on any atom is -0.381 e. The summed E-state index contributed by atoms with van der Waals surface area (Å²) in [5.74, 6) is 0.819. The van der Waals surface area contributed by atoms with Crippen LogP contribution in [-0.4, -0.2) is 36.7 Å². The molecule has 0 unspecified atom stereocenters. The molecular weight excluding hydrogens is 301 g/mol. The summed E-state index contributed by atoms with van der Waals surface area (Å²) in [5.41, 5.74) is 1.64. The molecule has 0 atom stereocenters. The lowest BCUT2D eigenvalue weighted by atomic mass is 10.1. The van der Waals surface area contributed by atoms with Gasteiger partial charge in [-0.15, -0.1) is 0 Å². The van der Waals surface area contributed by atoms with Crippen molar-refractivity contribution in [2.45, 2.75) is 37.9 Å². The molecule has 2 rings (SSSR count). The number of carbonyl (C=O) groups is 1. The molecule has 1 aliphatic heterocycles. The number of rotatable bonds is 7. The summed E-state index contributed by atoms with van der Waals surface area (Å²) in [4.78, 5) is 11.8. The Bertz CT molecular complexity index is 490. The van der Waals surface area contributed by atoms with E-state index in [1.165, 1.54) is 6.07 Å². The first kappa shape index (κ1) is 17.3. The van der Waals surface area contributed by atoms with Gasteiger partial charge >= 0.3 is 0 Å². The summed E-state index contributed by atoms with van der Waals surface area (Å²) in [5, 5.41) is 3.63. The molecule has 1 amide bonds. The first-order valence-electron chi connectivity index (χ1n) is 7.86. The van der Waals surface area contributed by atoms with Crippen LogP contribution < -0.4 is 5.32 Å². The van der Waals surface area contributed by atoms with E-state index in [0.717, 1.165) is 37.4 Å². The van der Waals surface area contributed by atoms with Gasteiger partial charge in [-0.3, -0.25) is 4.79 Å². The molecule has 0 radical (unpaired) electrons. The Morgan fingerprint density at radius 1 is 1.41 bits per heavy atom. The van der Waals surface area contributed by atoms with E-state index in [-0.39, 0.29) is 11.7 Å². The summed E-state index contributed by atoms with van der Waals surface area (Å²) in [6.45, 7) is 4.18. The molecule has 1 fully saturated rings. The van der Waals surface area contributed by atoms with E-state index >= 15 is 0 Å². The van der Waals surface area contributed by atoms with Gasteiger partial charge in [0.25, 0.3) is 0 Å². The molecular formula is C17H24FNO2S. The molecule has 1 aromatic carbocycles. The molecule has 1 saturated heterocycles. The van der Waals surface area contributed by atoms with Gasteiger partial charge in [-0.25, -0.2) is 4.39 Å². The average Bonchev–Trinajstić information content (AvgIpc) is 2.54. The lowest BCUT2D eigenvalue weighted by molar-refractivity contribution is -0.120. The van der Waals surface area contributed by atoms with Crippen LogP contribution in [-0.2, 0) is 16.0 Å². The second-order valence-corrected chi connectivity index (χ2v) is 7.02. The van der Waals surface area contributed by atoms with Crippen molar-refractivity contribution >= 4 is 17.7 Å². The molecule has 3 nitrogen and oxygen atoms in total. The SMILES string of the molecule is Cc1cc(CCC(=O)NCCSC2CCOCC2)ccc1F. The second-order valence-electron chi connectivity index (χ2n) is 5.62. The summed E-state index contributed by atoms with van der Waals surface area (Å²) in [6.07, 6.45) is 3.33. The predicted molar refractivity (Wildman–Crippen MR) is 88.8 cm³/mol. The van der Waals surface area contributed by atoms with Crippen LogP contribution in [0.5, 0.6) is 0 Å². The van der Waals surface area contributed by atoms with Crippen molar-refractivity contribution in [1.82, 2.24) is 5.32 Å². The van der Waals surface area contributed by atoms with Gasteiger partial charge in [0.15, 0.2) is 0 Å². The van der Waals surface area contributed by atoms with Gasteiger partial charge in [-0.1, -0.05) is 12.1 Å². The highest BCUT2D eigenvalue weighted by molar-refractivity contribution is 7.99. The lowest BCUT2D eigenvalue weighted by Gasteiger charge is -2.21. The Hall–Kier alpha value is -1.07. The third-order valence-electron chi connectivity index (χ3n) is 3.81. The highest BCUT2D eigenvalue weighted by atomic mass is 32.2. The van der Waals surface area contributed by atoms with Gasteiger partial charge in [0.1, 0.15) is 5.82 Å². The van der Waals surface area contributed by atoms with E-state index in [4.69, 9.17) is 4.74 Å². The maximum Gasteiger partial charge on any atom is 0.220 e. The normalized spacial score (nSPS) is 15.7. The van der Waals surface area contributed by atoms with Gasteiger partial charge in [-0.2, -0.15) is 11.8 Å². The fourth-order valence-electron chi connectivity index (χ4n) is 2.47. The third kappa shape index (κ3) is 5.97. The first-order valence-corrected chi connectivity index (χ1v) is 8.91. The van der Waals surface area contributed by atoms with E-state index < -0.39 is 0 Å². The van der Waals surface area contributed by atoms with Crippen molar-refractivity contribution in [2.24, 2.45) is 0 Å². The van der Waals surface area contributed by atoms with Crippen molar-refractivity contribution < 1.29 is 13.9 Å². The highest BCUT2D eigenvalue weighted by Gasteiger charge is 2.13. The van der Waals surface area contributed by atoms with E-state index in [1.54, 1.807) is 13.0 Å². The molecule has 1 heterocycles. The van der Waals surface area contributed by atoms with Crippen molar-refractivity contribution in [3.05, 3.63) is 35.1 Å². The number of thioether (sulfide) groups is 1. The summed E-state index contributed by atoms with van der Waals surface area (Å²) in [6, 6.07) is 5.02. The first-order chi connectivity index (χ1) is 10.6. The van der Waals surface area contributed by atoms with Crippen LogP contribution in [0.25, 0.3) is 0 Å². The van der Waals surface area contributed by atoms with Crippen LogP contribution in [0, 0.1) is 12.7 Å². The molecule has 0 aromatic heterocycles. The minimum absolute atomic E-state index is 0.0644. The Balaban J connectivity index is 1.58. The van der Waals surface area contributed by atoms with E-state index in [9.17, 15) is 9.18 Å². The molecule has 5 heteroatoms. The number of benzene rings is 1.